The summed E-state index contributed by atoms with van der Waals surface area (Å²) in [7, 11) is 1.73. The van der Waals surface area contributed by atoms with Gasteiger partial charge in [-0.1, -0.05) is 25.4 Å². The number of pyridine rings is 1. The molecule has 4 rings (SSSR count). The highest BCUT2D eigenvalue weighted by molar-refractivity contribution is 6.33. The summed E-state index contributed by atoms with van der Waals surface area (Å²) in [6.45, 7) is 11.0. The van der Waals surface area contributed by atoms with E-state index < -0.39 is 0 Å². The number of hydrogen-bond acceptors (Lipinski definition) is 6. The fourth-order valence-corrected chi connectivity index (χ4v) is 5.36. The smallest absolute Gasteiger partial charge is 0.119 e. The van der Waals surface area contributed by atoms with Crippen LogP contribution in [0.25, 0.3) is 0 Å². The van der Waals surface area contributed by atoms with Crippen molar-refractivity contribution < 1.29 is 14.2 Å². The van der Waals surface area contributed by atoms with Gasteiger partial charge in [-0.2, -0.15) is 0 Å². The minimum absolute atomic E-state index is 0.221. The van der Waals surface area contributed by atoms with E-state index in [1.54, 1.807) is 13.3 Å². The van der Waals surface area contributed by atoms with Gasteiger partial charge >= 0.3 is 0 Å². The lowest BCUT2D eigenvalue weighted by Gasteiger charge is -2.34. The molecule has 0 aliphatic carbocycles. The van der Waals surface area contributed by atoms with Crippen LogP contribution in [0.15, 0.2) is 36.5 Å². The van der Waals surface area contributed by atoms with Crippen LogP contribution in [0.5, 0.6) is 5.75 Å². The quantitative estimate of drug-likeness (QED) is 0.394. The summed E-state index contributed by atoms with van der Waals surface area (Å²) in [5.74, 6) is 1.43. The Balaban J connectivity index is 1.28. The van der Waals surface area contributed by atoms with Crippen molar-refractivity contribution >= 4 is 23.0 Å². The second-order valence-corrected chi connectivity index (χ2v) is 10.2. The average Bonchev–Trinajstić information content (AvgIpc) is 3.16. The monoisotopic (exact) mass is 501 g/mol. The van der Waals surface area contributed by atoms with Crippen LogP contribution in [-0.2, 0) is 15.9 Å². The van der Waals surface area contributed by atoms with Gasteiger partial charge in [-0.25, -0.2) is 0 Å². The maximum absolute atomic E-state index is 6.43. The average molecular weight is 502 g/mol. The van der Waals surface area contributed by atoms with Gasteiger partial charge in [0.05, 0.1) is 16.8 Å². The largest absolute Gasteiger partial charge is 0.490 e. The molecular weight excluding hydrogens is 462 g/mol. The Morgan fingerprint density at radius 3 is 2.51 bits per heavy atom. The third kappa shape index (κ3) is 6.41. The highest BCUT2D eigenvalue weighted by Gasteiger charge is 2.37. The number of methoxy groups -OCH3 is 1. The normalized spacial score (nSPS) is 23.2. The van der Waals surface area contributed by atoms with Crippen molar-refractivity contribution in [2.45, 2.75) is 64.7 Å². The molecule has 192 valence electrons. The Morgan fingerprint density at radius 2 is 1.83 bits per heavy atom. The molecular formula is C28H40ClN3O3. The zero-order chi connectivity index (χ0) is 24.8. The third-order valence-electron chi connectivity index (χ3n) is 7.55. The van der Waals surface area contributed by atoms with Crippen LogP contribution < -0.4 is 14.5 Å². The first-order chi connectivity index (χ1) is 17.0. The summed E-state index contributed by atoms with van der Waals surface area (Å²) in [4.78, 5) is 9.21. The zero-order valence-electron chi connectivity index (χ0n) is 21.6. The number of aromatic nitrogens is 1. The molecule has 0 radical (unpaired) electrons. The summed E-state index contributed by atoms with van der Waals surface area (Å²) < 4.78 is 17.6. The number of piperidine rings is 1. The summed E-state index contributed by atoms with van der Waals surface area (Å²) in [5.41, 5.74) is 3.40. The van der Waals surface area contributed by atoms with Crippen LogP contribution in [0.2, 0.25) is 5.02 Å². The van der Waals surface area contributed by atoms with Crippen LogP contribution in [0, 0.1) is 5.92 Å². The maximum Gasteiger partial charge on any atom is 0.119 e. The van der Waals surface area contributed by atoms with Crippen molar-refractivity contribution in [3.8, 4) is 5.75 Å². The molecule has 6 nitrogen and oxygen atoms in total. The van der Waals surface area contributed by atoms with Gasteiger partial charge in [-0.15, -0.1) is 0 Å². The van der Waals surface area contributed by atoms with Crippen LogP contribution in [0.4, 0.5) is 11.4 Å². The lowest BCUT2D eigenvalue weighted by Crippen LogP contribution is -2.38. The van der Waals surface area contributed by atoms with Crippen molar-refractivity contribution in [3.63, 3.8) is 0 Å². The highest BCUT2D eigenvalue weighted by Crippen LogP contribution is 2.33. The Bertz CT molecular complexity index is 934. The lowest BCUT2D eigenvalue weighted by atomic mass is 10.0. The molecule has 2 aromatic rings. The van der Waals surface area contributed by atoms with Crippen molar-refractivity contribution in [1.82, 2.24) is 4.98 Å². The molecule has 1 aromatic heterocycles. The minimum atomic E-state index is 0.221. The molecule has 2 saturated heterocycles. The van der Waals surface area contributed by atoms with Gasteiger partial charge in [0.25, 0.3) is 0 Å². The standard InChI is InChI=1S/C28H40ClN3O3/c1-5-22-17-27(26(29)18-30-22)31-13-11-25(12-14-31)35-24-9-7-23(8-10-24)32-19-28(20(2)21(32)3)34-16-6-15-33-4/h7-10,17-18,20-21,25,28H,5-6,11-16,19H2,1-4H3/t20-,21+,28-/m0/s1. The first-order valence-corrected chi connectivity index (χ1v) is 13.4. The molecule has 7 heteroatoms. The van der Waals surface area contributed by atoms with Crippen molar-refractivity contribution in [2.24, 2.45) is 5.92 Å². The number of nitrogens with zero attached hydrogens (tertiary/aromatic N) is 3. The number of hydrogen-bond donors (Lipinski definition) is 0. The van der Waals surface area contributed by atoms with Gasteiger partial charge in [0.15, 0.2) is 0 Å². The first-order valence-electron chi connectivity index (χ1n) is 13.0. The summed E-state index contributed by atoms with van der Waals surface area (Å²) >= 11 is 6.43. The van der Waals surface area contributed by atoms with Crippen molar-refractivity contribution in [1.29, 1.82) is 0 Å². The van der Waals surface area contributed by atoms with E-state index in [-0.39, 0.29) is 12.2 Å². The maximum atomic E-state index is 6.43. The summed E-state index contributed by atoms with van der Waals surface area (Å²) in [6.07, 6.45) is 6.06. The van der Waals surface area contributed by atoms with E-state index in [0.29, 0.717) is 12.0 Å². The number of aryl methyl sites for hydroxylation is 1. The molecule has 2 fully saturated rings. The molecule has 3 heterocycles. The molecule has 2 aliphatic rings. The van der Waals surface area contributed by atoms with Gasteiger partial charge in [0, 0.05) is 82.3 Å². The van der Waals surface area contributed by atoms with E-state index >= 15 is 0 Å². The van der Waals surface area contributed by atoms with Gasteiger partial charge in [-0.3, -0.25) is 4.98 Å². The predicted molar refractivity (Wildman–Crippen MR) is 143 cm³/mol. The van der Waals surface area contributed by atoms with Crippen LogP contribution >= 0.6 is 11.6 Å². The molecule has 0 saturated carbocycles. The Hall–Kier alpha value is -2.02. The van der Waals surface area contributed by atoms with Gasteiger partial charge in [-0.05, 0) is 50.1 Å². The van der Waals surface area contributed by atoms with E-state index in [1.165, 1.54) is 5.69 Å². The van der Waals surface area contributed by atoms with E-state index in [4.69, 9.17) is 25.8 Å². The van der Waals surface area contributed by atoms with Crippen molar-refractivity contribution in [3.05, 3.63) is 47.2 Å². The minimum Gasteiger partial charge on any atom is -0.490 e. The third-order valence-corrected chi connectivity index (χ3v) is 7.84. The van der Waals surface area contributed by atoms with E-state index in [1.807, 2.05) is 0 Å². The molecule has 3 atom stereocenters. The van der Waals surface area contributed by atoms with E-state index in [0.717, 1.165) is 80.7 Å². The first kappa shape index (κ1) is 26.1. The second-order valence-electron chi connectivity index (χ2n) is 9.79. The molecule has 0 spiro atoms. The molecule has 35 heavy (non-hydrogen) atoms. The number of rotatable bonds is 10. The zero-order valence-corrected chi connectivity index (χ0v) is 22.3. The second kappa shape index (κ2) is 12.3. The Labute approximate surface area is 215 Å². The van der Waals surface area contributed by atoms with Gasteiger partial charge in [0.2, 0.25) is 0 Å². The summed E-state index contributed by atoms with van der Waals surface area (Å²) in [6, 6.07) is 11.1. The number of ether oxygens (including phenoxy) is 3. The highest BCUT2D eigenvalue weighted by atomic mass is 35.5. The molecule has 0 unspecified atom stereocenters. The fourth-order valence-electron chi connectivity index (χ4n) is 5.13. The SMILES string of the molecule is CCc1cc(N2CCC(Oc3ccc(N4C[C@H](OCCCOC)[C@@H](C)[C@H]4C)cc3)CC2)c(Cl)cn1. The van der Waals surface area contributed by atoms with Gasteiger partial charge in [0.1, 0.15) is 11.9 Å². The molecule has 2 aliphatic heterocycles. The Kier molecular flexibility index (Phi) is 9.15. The van der Waals surface area contributed by atoms with Gasteiger partial charge < -0.3 is 24.0 Å². The molecule has 1 aromatic carbocycles. The molecule has 0 N–H and O–H groups in total. The van der Waals surface area contributed by atoms with Crippen LogP contribution in [0.1, 0.15) is 45.7 Å². The van der Waals surface area contributed by atoms with Crippen molar-refractivity contribution in [2.75, 3.05) is 49.8 Å². The van der Waals surface area contributed by atoms with Crippen LogP contribution in [0.3, 0.4) is 0 Å². The molecule has 0 amide bonds. The Morgan fingerprint density at radius 1 is 1.09 bits per heavy atom. The van der Waals surface area contributed by atoms with Crippen LogP contribution in [-0.4, -0.2) is 63.2 Å². The van der Waals surface area contributed by atoms with E-state index in [2.05, 4.69) is 65.9 Å². The number of anilines is 2. The number of halogens is 1. The fraction of sp³-hybridized carbons (Fsp3) is 0.607. The lowest BCUT2D eigenvalue weighted by molar-refractivity contribution is 0.0277. The summed E-state index contributed by atoms with van der Waals surface area (Å²) in [5, 5.41) is 0.727. The number of benzene rings is 1. The predicted octanol–water partition coefficient (Wildman–Crippen LogP) is 5.61. The van der Waals surface area contributed by atoms with E-state index in [9.17, 15) is 0 Å². The molecule has 0 bridgehead atoms. The topological polar surface area (TPSA) is 47.1 Å².